The highest BCUT2D eigenvalue weighted by Gasteiger charge is 1.98. The van der Waals surface area contributed by atoms with Crippen molar-refractivity contribution in [3.05, 3.63) is 10.1 Å². The molecule has 0 N–H and O–H groups in total. The number of hydrogen-bond acceptors (Lipinski definition) is 2. The van der Waals surface area contributed by atoms with Crippen molar-refractivity contribution < 1.29 is 5.03 Å². The molecule has 0 radical (unpaired) electrons. The largest absolute Gasteiger partial charge is 0.352 e. The molecule has 0 rings (SSSR count). The van der Waals surface area contributed by atoms with E-state index in [9.17, 15) is 10.1 Å². The van der Waals surface area contributed by atoms with E-state index < -0.39 is 5.03 Å². The first-order valence-electron chi connectivity index (χ1n) is 2.13. The van der Waals surface area contributed by atoms with E-state index in [1.54, 1.807) is 14.1 Å². The van der Waals surface area contributed by atoms with Gasteiger partial charge >= 0.3 is 0 Å². The van der Waals surface area contributed by atoms with Gasteiger partial charge in [0.25, 0.3) is 0 Å². The van der Waals surface area contributed by atoms with Gasteiger partial charge in [0.15, 0.2) is 5.03 Å². The topological polar surface area (TPSA) is 58.7 Å². The maximum atomic E-state index is 9.66. The molecule has 0 unspecified atom stereocenters. The summed E-state index contributed by atoms with van der Waals surface area (Å²) in [5, 5.41) is 11.9. The van der Waals surface area contributed by atoms with E-state index in [1.807, 2.05) is 0 Å². The summed E-state index contributed by atoms with van der Waals surface area (Å²) in [6, 6.07) is 0. The van der Waals surface area contributed by atoms with Crippen molar-refractivity contribution in [2.45, 2.75) is 0 Å². The fourth-order valence-electron chi connectivity index (χ4n) is 0.162. The van der Waals surface area contributed by atoms with Gasteiger partial charge in [-0.3, -0.25) is 0 Å². The van der Waals surface area contributed by atoms with Gasteiger partial charge in [0.05, 0.1) is 5.10 Å². The summed E-state index contributed by atoms with van der Waals surface area (Å²) < 4.78 is 0. The van der Waals surface area contributed by atoms with Crippen LogP contribution in [0.1, 0.15) is 0 Å². The SMILES string of the molecule is CN(C)C(S)=N[N+](=O)[O-]. The third-order valence-corrected chi connectivity index (χ3v) is 1.06. The van der Waals surface area contributed by atoms with Crippen LogP contribution in [0.5, 0.6) is 0 Å². The lowest BCUT2D eigenvalue weighted by Gasteiger charge is -2.04. The van der Waals surface area contributed by atoms with Crippen LogP contribution < -0.4 is 0 Å². The van der Waals surface area contributed by atoms with Gasteiger partial charge in [0.2, 0.25) is 5.17 Å². The molecule has 0 aromatic heterocycles. The van der Waals surface area contributed by atoms with E-state index in [0.29, 0.717) is 0 Å². The Hall–Kier alpha value is -0.780. The van der Waals surface area contributed by atoms with Crippen LogP contribution in [0.25, 0.3) is 0 Å². The Balaban J connectivity index is 4.00. The van der Waals surface area contributed by atoms with Crippen molar-refractivity contribution >= 4 is 17.8 Å². The first kappa shape index (κ1) is 8.22. The van der Waals surface area contributed by atoms with Gasteiger partial charge in [-0.05, 0) is 0 Å². The Morgan fingerprint density at radius 2 is 2.22 bits per heavy atom. The maximum Gasteiger partial charge on any atom is 0.234 e. The number of rotatable bonds is 1. The highest BCUT2D eigenvalue weighted by atomic mass is 32.1. The van der Waals surface area contributed by atoms with Crippen LogP contribution in [-0.2, 0) is 0 Å². The van der Waals surface area contributed by atoms with Crippen LogP contribution in [0, 0.1) is 10.1 Å². The molecule has 0 atom stereocenters. The van der Waals surface area contributed by atoms with Crippen molar-refractivity contribution in [2.75, 3.05) is 14.1 Å². The zero-order valence-electron chi connectivity index (χ0n) is 5.11. The van der Waals surface area contributed by atoms with Crippen molar-refractivity contribution in [1.29, 1.82) is 0 Å². The first-order valence-corrected chi connectivity index (χ1v) is 2.58. The molecule has 0 saturated carbocycles. The minimum atomic E-state index is -0.789. The fourth-order valence-corrected chi connectivity index (χ4v) is 0.236. The van der Waals surface area contributed by atoms with Crippen LogP contribution in [0.3, 0.4) is 0 Å². The summed E-state index contributed by atoms with van der Waals surface area (Å²) in [5.74, 6) is 0. The molecule has 9 heavy (non-hydrogen) atoms. The van der Waals surface area contributed by atoms with Gasteiger partial charge in [-0.25, -0.2) is 10.1 Å². The number of nitro groups is 1. The van der Waals surface area contributed by atoms with Gasteiger partial charge in [0, 0.05) is 14.1 Å². The average Bonchev–Trinajstić information content (AvgIpc) is 1.63. The van der Waals surface area contributed by atoms with Crippen LogP contribution in [0.15, 0.2) is 5.10 Å². The lowest BCUT2D eigenvalue weighted by Crippen LogP contribution is -2.17. The molecule has 0 aromatic carbocycles. The Kier molecular flexibility index (Phi) is 3.00. The van der Waals surface area contributed by atoms with E-state index in [-0.39, 0.29) is 5.17 Å². The van der Waals surface area contributed by atoms with Crippen molar-refractivity contribution in [3.8, 4) is 0 Å². The molecule has 0 spiro atoms. The summed E-state index contributed by atoms with van der Waals surface area (Å²) in [6.45, 7) is 0. The molecule has 0 aliphatic heterocycles. The summed E-state index contributed by atoms with van der Waals surface area (Å²) in [6.07, 6.45) is 0. The van der Waals surface area contributed by atoms with Gasteiger partial charge < -0.3 is 4.90 Å². The summed E-state index contributed by atoms with van der Waals surface area (Å²) in [5.41, 5.74) is 0. The van der Waals surface area contributed by atoms with E-state index in [1.165, 1.54) is 4.90 Å². The highest BCUT2D eigenvalue weighted by molar-refractivity contribution is 7.96. The lowest BCUT2D eigenvalue weighted by molar-refractivity contribution is -0.485. The quantitative estimate of drug-likeness (QED) is 0.188. The summed E-state index contributed by atoms with van der Waals surface area (Å²) >= 11 is 3.70. The molecule has 0 aliphatic carbocycles. The van der Waals surface area contributed by atoms with Gasteiger partial charge in [-0.1, -0.05) is 12.6 Å². The Labute approximate surface area is 57.9 Å². The Morgan fingerprint density at radius 1 is 1.78 bits per heavy atom. The third-order valence-electron chi connectivity index (χ3n) is 0.571. The van der Waals surface area contributed by atoms with Crippen LogP contribution >= 0.6 is 12.6 Å². The molecule has 0 saturated heterocycles. The Morgan fingerprint density at radius 3 is 2.33 bits per heavy atom. The van der Waals surface area contributed by atoms with Crippen LogP contribution in [0.4, 0.5) is 0 Å². The minimum absolute atomic E-state index is 0.0833. The van der Waals surface area contributed by atoms with E-state index in [0.717, 1.165) is 0 Å². The number of hydrazone groups is 1. The van der Waals surface area contributed by atoms with E-state index in [2.05, 4.69) is 17.7 Å². The second-order valence-electron chi connectivity index (χ2n) is 1.53. The first-order chi connectivity index (χ1) is 4.04. The second-order valence-corrected chi connectivity index (χ2v) is 1.93. The van der Waals surface area contributed by atoms with E-state index >= 15 is 0 Å². The Bertz CT molecular complexity index is 144. The molecule has 0 amide bonds. The molecular weight excluding hydrogens is 142 g/mol. The smallest absolute Gasteiger partial charge is 0.234 e. The third kappa shape index (κ3) is 3.77. The van der Waals surface area contributed by atoms with Gasteiger partial charge in [-0.2, -0.15) is 0 Å². The minimum Gasteiger partial charge on any atom is -0.352 e. The normalized spacial score (nSPS) is 11.2. The molecule has 0 bridgehead atoms. The summed E-state index contributed by atoms with van der Waals surface area (Å²) in [7, 11) is 3.24. The zero-order chi connectivity index (χ0) is 7.44. The molecule has 52 valence electrons. The molecule has 0 aromatic rings. The second kappa shape index (κ2) is 3.29. The predicted octanol–water partition coefficient (Wildman–Crippen LogP) is 0.0255. The number of thiol groups is 1. The zero-order valence-corrected chi connectivity index (χ0v) is 6.00. The highest BCUT2D eigenvalue weighted by Crippen LogP contribution is 1.88. The molecule has 0 heterocycles. The monoisotopic (exact) mass is 149 g/mol. The summed E-state index contributed by atoms with van der Waals surface area (Å²) in [4.78, 5) is 11.1. The number of amidine groups is 1. The molecule has 0 fully saturated rings. The molecule has 5 nitrogen and oxygen atoms in total. The van der Waals surface area contributed by atoms with Crippen molar-refractivity contribution in [1.82, 2.24) is 4.90 Å². The molecular formula is C3H7N3O2S. The standard InChI is InChI=1S/C3H7N3O2S/c1-5(2)3(9)4-6(7)8/h1-2H3,(H,4,9). The molecule has 0 aliphatic rings. The number of hydrogen-bond donors (Lipinski definition) is 1. The van der Waals surface area contributed by atoms with Gasteiger partial charge in [0.1, 0.15) is 0 Å². The van der Waals surface area contributed by atoms with Crippen LogP contribution in [0.2, 0.25) is 0 Å². The predicted molar refractivity (Wildman–Crippen MR) is 37.1 cm³/mol. The fraction of sp³-hybridized carbons (Fsp3) is 0.667. The van der Waals surface area contributed by atoms with Crippen molar-refractivity contribution in [3.63, 3.8) is 0 Å². The van der Waals surface area contributed by atoms with Crippen LogP contribution in [-0.4, -0.2) is 29.2 Å². The van der Waals surface area contributed by atoms with Gasteiger partial charge in [-0.15, -0.1) is 0 Å². The lowest BCUT2D eigenvalue weighted by atomic mass is 10.9. The maximum absolute atomic E-state index is 9.66. The number of nitrogens with zero attached hydrogens (tertiary/aromatic N) is 3. The average molecular weight is 149 g/mol. The van der Waals surface area contributed by atoms with Crippen molar-refractivity contribution in [2.24, 2.45) is 5.10 Å². The van der Waals surface area contributed by atoms with E-state index in [4.69, 9.17) is 0 Å². The molecule has 6 heteroatoms.